The molecule has 0 saturated carbocycles. The summed E-state index contributed by atoms with van der Waals surface area (Å²) in [7, 11) is 0. The maximum Gasteiger partial charge on any atom is 0.357 e. The van der Waals surface area contributed by atoms with E-state index in [-0.39, 0.29) is 17.8 Å². The molecule has 4 rings (SSSR count). The zero-order valence-corrected chi connectivity index (χ0v) is 14.1. The van der Waals surface area contributed by atoms with Crippen LogP contribution < -0.4 is 5.32 Å². The fourth-order valence-electron chi connectivity index (χ4n) is 3.40. The maximum atomic E-state index is 12.2. The van der Waals surface area contributed by atoms with E-state index in [2.05, 4.69) is 34.8 Å². The molecule has 0 radical (unpaired) electrons. The van der Waals surface area contributed by atoms with Crippen molar-refractivity contribution in [1.82, 2.24) is 4.98 Å². The lowest BCUT2D eigenvalue weighted by molar-refractivity contribution is 0.0518. The van der Waals surface area contributed by atoms with Gasteiger partial charge in [-0.15, -0.1) is 12.6 Å². The number of nitrogens with one attached hydrogen (secondary N) is 1. The minimum absolute atomic E-state index is 0.0786. The molecule has 0 fully saturated rings. The van der Waals surface area contributed by atoms with E-state index in [1.54, 1.807) is 13.1 Å². The Balaban J connectivity index is 1.77. The van der Waals surface area contributed by atoms with Crippen LogP contribution in [0.4, 0.5) is 11.4 Å². The van der Waals surface area contributed by atoms with Crippen LogP contribution in [0.15, 0.2) is 35.4 Å². The summed E-state index contributed by atoms with van der Waals surface area (Å²) >= 11 is 4.37. The minimum Gasteiger partial charge on any atom is -0.461 e. The van der Waals surface area contributed by atoms with Gasteiger partial charge in [-0.05, 0) is 37.1 Å². The molecule has 5 heteroatoms. The van der Waals surface area contributed by atoms with Gasteiger partial charge in [-0.3, -0.25) is 0 Å². The fraction of sp³-hybridized carbons (Fsp3) is 0.263. The molecule has 0 aliphatic heterocycles. The number of thiol groups is 1. The number of fused-ring (bicyclic) bond motifs is 5. The van der Waals surface area contributed by atoms with Gasteiger partial charge in [0.25, 0.3) is 0 Å². The monoisotopic (exact) mass is 336 g/mol. The van der Waals surface area contributed by atoms with Gasteiger partial charge < -0.3 is 10.1 Å². The normalized spacial score (nSPS) is 19.4. The molecule has 1 aromatic carbocycles. The van der Waals surface area contributed by atoms with E-state index >= 15 is 0 Å². The Bertz CT molecular complexity index is 898. The van der Waals surface area contributed by atoms with Crippen LogP contribution in [0.1, 0.15) is 46.8 Å². The number of carbonyl (C=O) groups is 1. The van der Waals surface area contributed by atoms with Gasteiger partial charge in [0.05, 0.1) is 18.5 Å². The van der Waals surface area contributed by atoms with E-state index in [9.17, 15) is 4.79 Å². The maximum absolute atomic E-state index is 12.2. The summed E-state index contributed by atoms with van der Waals surface area (Å²) in [5, 5.41) is 3.40. The van der Waals surface area contributed by atoms with Gasteiger partial charge in [0, 0.05) is 28.0 Å². The number of anilines is 2. The Morgan fingerprint density at radius 1 is 1.38 bits per heavy atom. The van der Waals surface area contributed by atoms with E-state index in [0.29, 0.717) is 12.3 Å². The number of carbonyl (C=O) groups excluding carboxylic acids is 1. The summed E-state index contributed by atoms with van der Waals surface area (Å²) < 4.78 is 5.15. The van der Waals surface area contributed by atoms with Crippen molar-refractivity contribution in [3.8, 4) is 11.8 Å². The molecule has 2 aromatic rings. The smallest absolute Gasteiger partial charge is 0.357 e. The number of benzene rings is 1. The van der Waals surface area contributed by atoms with Gasteiger partial charge in [0.1, 0.15) is 0 Å². The Morgan fingerprint density at radius 3 is 2.92 bits per heavy atom. The van der Waals surface area contributed by atoms with Gasteiger partial charge in [-0.2, -0.15) is 0 Å². The van der Waals surface area contributed by atoms with Crippen molar-refractivity contribution in [1.29, 1.82) is 0 Å². The number of hydrogen-bond acceptors (Lipinski definition) is 5. The molecule has 4 nitrogen and oxygen atoms in total. The zero-order chi connectivity index (χ0) is 16.7. The molecule has 24 heavy (non-hydrogen) atoms. The first-order chi connectivity index (χ1) is 11.7. The third-order valence-corrected chi connectivity index (χ3v) is 4.63. The quantitative estimate of drug-likeness (QED) is 0.505. The summed E-state index contributed by atoms with van der Waals surface area (Å²) in [4.78, 5) is 17.5. The van der Waals surface area contributed by atoms with Gasteiger partial charge in [-0.25, -0.2) is 9.78 Å². The second-order valence-electron chi connectivity index (χ2n) is 5.87. The van der Waals surface area contributed by atoms with E-state index in [4.69, 9.17) is 4.74 Å². The van der Waals surface area contributed by atoms with Gasteiger partial charge in [-0.1, -0.05) is 17.9 Å². The van der Waals surface area contributed by atoms with Crippen molar-refractivity contribution >= 4 is 30.0 Å². The molecular weight excluding hydrogens is 320 g/mol. The highest BCUT2D eigenvalue weighted by Gasteiger charge is 2.39. The highest BCUT2D eigenvalue weighted by atomic mass is 32.1. The van der Waals surface area contributed by atoms with E-state index in [1.807, 2.05) is 24.3 Å². The number of nitrogens with zero attached hydrogens (tertiary/aromatic N) is 1. The van der Waals surface area contributed by atoms with Crippen LogP contribution in [0.25, 0.3) is 0 Å². The van der Waals surface area contributed by atoms with Crippen molar-refractivity contribution in [3.05, 3.63) is 47.3 Å². The molecule has 2 atom stereocenters. The highest BCUT2D eigenvalue weighted by Crippen LogP contribution is 2.49. The van der Waals surface area contributed by atoms with Crippen LogP contribution in [0, 0.1) is 11.8 Å². The summed E-state index contributed by atoms with van der Waals surface area (Å²) in [5.74, 6) is 6.34. The van der Waals surface area contributed by atoms with Crippen LogP contribution in [0.3, 0.4) is 0 Å². The predicted octanol–water partition coefficient (Wildman–Crippen LogP) is 3.88. The third kappa shape index (κ3) is 2.44. The molecule has 0 spiro atoms. The number of pyridine rings is 1. The Kier molecular flexibility index (Phi) is 3.70. The van der Waals surface area contributed by atoms with E-state index in [0.717, 1.165) is 33.8 Å². The van der Waals surface area contributed by atoms with Gasteiger partial charge in [0.15, 0.2) is 5.69 Å². The Morgan fingerprint density at radius 2 is 2.17 bits per heavy atom. The SMILES string of the molecule is CCOC(=O)c1ncc(Nc2cccc(S)c2)c2c1C1C#CC2C1. The largest absolute Gasteiger partial charge is 0.461 e. The Labute approximate surface area is 146 Å². The number of rotatable bonds is 4. The van der Waals surface area contributed by atoms with Crippen molar-refractivity contribution < 1.29 is 9.53 Å². The average Bonchev–Trinajstić information content (AvgIpc) is 3.17. The molecule has 1 N–H and O–H groups in total. The lowest BCUT2D eigenvalue weighted by Gasteiger charge is -2.17. The second-order valence-corrected chi connectivity index (χ2v) is 6.39. The second kappa shape index (κ2) is 5.88. The number of aromatic nitrogens is 1. The van der Waals surface area contributed by atoms with Crippen LogP contribution >= 0.6 is 12.6 Å². The molecule has 2 aliphatic carbocycles. The van der Waals surface area contributed by atoms with E-state index in [1.165, 1.54) is 0 Å². The first-order valence-corrected chi connectivity index (χ1v) is 8.39. The molecule has 120 valence electrons. The number of hydrogen-bond donors (Lipinski definition) is 2. The molecular formula is C19H16N2O2S. The lowest BCUT2D eigenvalue weighted by Crippen LogP contribution is -2.14. The van der Waals surface area contributed by atoms with Crippen LogP contribution in [0.2, 0.25) is 0 Å². The first-order valence-electron chi connectivity index (χ1n) is 7.94. The average molecular weight is 336 g/mol. The number of esters is 1. The standard InChI is InChI=1S/C19H16N2O2S/c1-2-23-19(22)18-17-12-7-6-11(8-12)16(17)15(10-20-18)21-13-4-3-5-14(24)9-13/h3-5,9-12,21,24H,2,8H2,1H3. The molecule has 0 amide bonds. The van der Waals surface area contributed by atoms with Crippen LogP contribution in [0.5, 0.6) is 0 Å². The fourth-order valence-corrected chi connectivity index (χ4v) is 3.63. The summed E-state index contributed by atoms with van der Waals surface area (Å²) in [6.45, 7) is 2.13. The van der Waals surface area contributed by atoms with Gasteiger partial charge in [0.2, 0.25) is 0 Å². The first kappa shape index (κ1) is 15.1. The molecule has 0 saturated heterocycles. The molecule has 1 aromatic heterocycles. The van der Waals surface area contributed by atoms with E-state index < -0.39 is 0 Å². The van der Waals surface area contributed by atoms with Crippen LogP contribution in [-0.4, -0.2) is 17.6 Å². The van der Waals surface area contributed by atoms with Crippen molar-refractivity contribution in [2.45, 2.75) is 30.1 Å². The third-order valence-electron chi connectivity index (χ3n) is 4.35. The molecule has 2 unspecified atom stereocenters. The lowest BCUT2D eigenvalue weighted by atomic mass is 9.95. The highest BCUT2D eigenvalue weighted by molar-refractivity contribution is 7.80. The van der Waals surface area contributed by atoms with Crippen LogP contribution in [-0.2, 0) is 4.74 Å². The van der Waals surface area contributed by atoms with Crippen molar-refractivity contribution in [2.24, 2.45) is 0 Å². The van der Waals surface area contributed by atoms with Crippen molar-refractivity contribution in [3.63, 3.8) is 0 Å². The van der Waals surface area contributed by atoms with Crippen molar-refractivity contribution in [2.75, 3.05) is 11.9 Å². The summed E-state index contributed by atoms with van der Waals surface area (Å²) in [6, 6.07) is 7.80. The summed E-state index contributed by atoms with van der Waals surface area (Å²) in [6.07, 6.45) is 2.60. The Hall–Kier alpha value is -2.45. The molecule has 1 heterocycles. The van der Waals surface area contributed by atoms with Gasteiger partial charge >= 0.3 is 5.97 Å². The minimum atomic E-state index is -0.369. The predicted molar refractivity (Wildman–Crippen MR) is 95.0 cm³/mol. The zero-order valence-electron chi connectivity index (χ0n) is 13.2. The summed E-state index contributed by atoms with van der Waals surface area (Å²) in [5.41, 5.74) is 4.26. The molecule has 2 aliphatic rings. The topological polar surface area (TPSA) is 51.2 Å². The molecule has 2 bridgehead atoms. The number of ether oxygens (including phenoxy) is 1.